The van der Waals surface area contributed by atoms with E-state index in [-0.39, 0.29) is 30.6 Å². The molecule has 0 unspecified atom stereocenters. The van der Waals surface area contributed by atoms with E-state index in [0.717, 1.165) is 33.2 Å². The number of carbonyl (C=O) groups is 2. The van der Waals surface area contributed by atoms with Crippen molar-refractivity contribution >= 4 is 51.8 Å². The zero-order chi connectivity index (χ0) is 29.5. The first-order valence-electron chi connectivity index (χ1n) is 13.2. The number of aliphatic hydroxyl groups is 1. The molecular weight excluding hydrogens is 548 g/mol. The fourth-order valence-electron chi connectivity index (χ4n) is 5.01. The van der Waals surface area contributed by atoms with Crippen LogP contribution in [0.3, 0.4) is 0 Å². The Hall–Kier alpha value is -4.19. The SMILES string of the molecule is CCl.Cc1cccc2c(O)cc3c(c12)CCN3C(=O)c1cc2c([nH]1)NCC(NC(=O)/C(N)=C/NCCOCCO)=C2. The number of halogens is 1. The quantitative estimate of drug-likeness (QED) is 0.115. The van der Waals surface area contributed by atoms with Gasteiger partial charge in [-0.3, -0.25) is 9.59 Å². The summed E-state index contributed by atoms with van der Waals surface area (Å²) in [7, 11) is 0. The highest BCUT2D eigenvalue weighted by atomic mass is 35.5. The van der Waals surface area contributed by atoms with Crippen LogP contribution in [0.5, 0.6) is 5.75 Å². The minimum absolute atomic E-state index is 0.00695. The number of nitrogens with zero attached hydrogens (tertiary/aromatic N) is 1. The van der Waals surface area contributed by atoms with E-state index in [1.54, 1.807) is 23.1 Å². The average molecular weight is 583 g/mol. The van der Waals surface area contributed by atoms with Crippen LogP contribution in [0.25, 0.3) is 16.8 Å². The minimum atomic E-state index is -0.460. The molecule has 11 nitrogen and oxygen atoms in total. The highest BCUT2D eigenvalue weighted by molar-refractivity contribution is 6.15. The van der Waals surface area contributed by atoms with E-state index in [1.807, 2.05) is 25.1 Å². The Bertz CT molecular complexity index is 1500. The molecule has 8 N–H and O–H groups in total. The fraction of sp³-hybridized carbons (Fsp3) is 0.310. The van der Waals surface area contributed by atoms with Gasteiger partial charge in [0, 0.05) is 48.4 Å². The standard InChI is InChI=1S/C28H32N6O5.CH3Cl/c1-16-3-2-4-20-24(36)13-23-19(25(16)20)5-7-34(23)28(38)22-12-17-11-18(14-31-26(17)33-22)32-27(37)21(29)15-30-6-9-39-10-8-35;1-2/h2-4,11-13,15,30-31,33,35-36H,5-10,14,29H2,1H3,(H,32,37);1H3/b21-15-;. The lowest BCUT2D eigenvalue weighted by atomic mass is 9.97. The predicted octanol–water partition coefficient (Wildman–Crippen LogP) is 2.52. The lowest BCUT2D eigenvalue weighted by Gasteiger charge is -2.18. The van der Waals surface area contributed by atoms with Crippen molar-refractivity contribution in [3.8, 4) is 5.75 Å². The van der Waals surface area contributed by atoms with Gasteiger partial charge in [-0.25, -0.2) is 0 Å². The summed E-state index contributed by atoms with van der Waals surface area (Å²) in [6, 6.07) is 9.24. The predicted molar refractivity (Wildman–Crippen MR) is 161 cm³/mol. The van der Waals surface area contributed by atoms with E-state index in [4.69, 9.17) is 15.6 Å². The number of H-pyrrole nitrogens is 1. The first-order valence-corrected chi connectivity index (χ1v) is 13.9. The number of aromatic amines is 1. The van der Waals surface area contributed by atoms with E-state index < -0.39 is 5.91 Å². The number of amides is 2. The topological polar surface area (TPSA) is 165 Å². The monoisotopic (exact) mass is 582 g/mol. The molecule has 3 aromatic rings. The van der Waals surface area contributed by atoms with E-state index >= 15 is 0 Å². The normalized spacial score (nSPS) is 13.9. The fourth-order valence-corrected chi connectivity index (χ4v) is 5.01. The molecule has 0 fully saturated rings. The molecule has 0 spiro atoms. The van der Waals surface area contributed by atoms with E-state index in [1.165, 1.54) is 12.6 Å². The van der Waals surface area contributed by atoms with Crippen LogP contribution in [0, 0.1) is 6.92 Å². The van der Waals surface area contributed by atoms with Crippen molar-refractivity contribution in [2.45, 2.75) is 13.3 Å². The smallest absolute Gasteiger partial charge is 0.274 e. The molecule has 0 saturated heterocycles. The van der Waals surface area contributed by atoms with Crippen molar-refractivity contribution < 1.29 is 24.5 Å². The van der Waals surface area contributed by atoms with E-state index in [9.17, 15) is 14.7 Å². The van der Waals surface area contributed by atoms with E-state index in [0.29, 0.717) is 49.9 Å². The molecule has 1 aromatic heterocycles. The Kier molecular flexibility index (Phi) is 9.77. The second kappa shape index (κ2) is 13.4. The van der Waals surface area contributed by atoms with E-state index in [2.05, 4.69) is 32.5 Å². The summed E-state index contributed by atoms with van der Waals surface area (Å²) in [5, 5.41) is 30.0. The molecule has 2 aliphatic rings. The number of nitrogens with one attached hydrogen (secondary N) is 4. The number of rotatable bonds is 9. The Balaban J connectivity index is 0.00000189. The molecule has 3 heterocycles. The van der Waals surface area contributed by atoms with Crippen LogP contribution in [0.1, 0.15) is 27.2 Å². The summed E-state index contributed by atoms with van der Waals surface area (Å²) in [6.45, 7) is 3.89. The number of phenols is 1. The third kappa shape index (κ3) is 6.43. The lowest BCUT2D eigenvalue weighted by molar-refractivity contribution is -0.116. The van der Waals surface area contributed by atoms with Crippen LogP contribution in [0.15, 0.2) is 47.9 Å². The summed E-state index contributed by atoms with van der Waals surface area (Å²) < 4.78 is 5.13. The van der Waals surface area contributed by atoms with Gasteiger partial charge in [0.1, 0.15) is 23.0 Å². The molecule has 0 saturated carbocycles. The molecule has 0 atom stereocenters. The third-order valence-electron chi connectivity index (χ3n) is 6.84. The van der Waals surface area contributed by atoms with Gasteiger partial charge in [-0.2, -0.15) is 0 Å². The van der Waals surface area contributed by atoms with Crippen molar-refractivity contribution in [3.05, 3.63) is 70.3 Å². The number of aliphatic hydroxyl groups excluding tert-OH is 1. The van der Waals surface area contributed by atoms with Gasteiger partial charge < -0.3 is 46.5 Å². The van der Waals surface area contributed by atoms with Crippen molar-refractivity contribution in [1.29, 1.82) is 0 Å². The number of aromatic hydroxyl groups is 1. The first-order chi connectivity index (χ1) is 19.9. The van der Waals surface area contributed by atoms with Gasteiger partial charge in [0.25, 0.3) is 11.8 Å². The maximum Gasteiger partial charge on any atom is 0.274 e. The number of anilines is 2. The van der Waals surface area contributed by atoms with Gasteiger partial charge in [-0.1, -0.05) is 18.2 Å². The zero-order valence-electron chi connectivity index (χ0n) is 23.0. The van der Waals surface area contributed by atoms with Crippen LogP contribution in [0.4, 0.5) is 11.5 Å². The number of benzene rings is 2. The van der Waals surface area contributed by atoms with Gasteiger partial charge in [-0.05, 0) is 42.0 Å². The molecule has 12 heteroatoms. The van der Waals surface area contributed by atoms with Crippen LogP contribution >= 0.6 is 11.6 Å². The Labute approximate surface area is 243 Å². The van der Waals surface area contributed by atoms with Crippen LogP contribution < -0.4 is 26.6 Å². The number of aryl methyl sites for hydroxylation is 1. The number of phenolic OH excluding ortho intramolecular Hbond substituents is 1. The minimum Gasteiger partial charge on any atom is -0.507 e. The largest absolute Gasteiger partial charge is 0.507 e. The highest BCUT2D eigenvalue weighted by Gasteiger charge is 2.30. The molecule has 218 valence electrons. The van der Waals surface area contributed by atoms with Crippen LogP contribution in [-0.4, -0.2) is 72.8 Å². The second-order valence-electron chi connectivity index (χ2n) is 9.48. The number of nitrogens with two attached hydrogens (primary N) is 1. The molecule has 0 radical (unpaired) electrons. The van der Waals surface area contributed by atoms with Crippen molar-refractivity contribution in [1.82, 2.24) is 15.6 Å². The van der Waals surface area contributed by atoms with Gasteiger partial charge in [0.15, 0.2) is 0 Å². The van der Waals surface area contributed by atoms with Gasteiger partial charge in [0.2, 0.25) is 0 Å². The number of aromatic nitrogens is 1. The number of fused-ring (bicyclic) bond motifs is 4. The van der Waals surface area contributed by atoms with Gasteiger partial charge >= 0.3 is 0 Å². The summed E-state index contributed by atoms with van der Waals surface area (Å²) >= 11 is 4.64. The summed E-state index contributed by atoms with van der Waals surface area (Å²) in [5.41, 5.74) is 10.5. The molecule has 2 amide bonds. The number of carbonyl (C=O) groups excluding carboxylic acids is 2. The first kappa shape index (κ1) is 29.8. The third-order valence-corrected chi connectivity index (χ3v) is 6.84. The average Bonchev–Trinajstić information content (AvgIpc) is 3.60. The number of alkyl halides is 1. The molecular formula is C29H35ClN6O5. The van der Waals surface area contributed by atoms with Crippen molar-refractivity contribution in [3.63, 3.8) is 0 Å². The molecule has 2 aromatic carbocycles. The maximum atomic E-state index is 13.5. The molecule has 0 bridgehead atoms. The van der Waals surface area contributed by atoms with Crippen LogP contribution in [0.2, 0.25) is 0 Å². The van der Waals surface area contributed by atoms with Crippen LogP contribution in [-0.2, 0) is 16.0 Å². The number of hydrogen-bond donors (Lipinski definition) is 7. The summed E-state index contributed by atoms with van der Waals surface area (Å²) in [4.78, 5) is 30.9. The molecule has 0 aliphatic carbocycles. The zero-order valence-corrected chi connectivity index (χ0v) is 23.8. The molecule has 41 heavy (non-hydrogen) atoms. The van der Waals surface area contributed by atoms with Gasteiger partial charge in [-0.15, -0.1) is 11.6 Å². The van der Waals surface area contributed by atoms with Crippen molar-refractivity contribution in [2.24, 2.45) is 5.73 Å². The Morgan fingerprint density at radius 2 is 2.05 bits per heavy atom. The summed E-state index contributed by atoms with van der Waals surface area (Å²) in [6.07, 6.45) is 5.38. The van der Waals surface area contributed by atoms with Crippen molar-refractivity contribution in [2.75, 3.05) is 56.1 Å². The van der Waals surface area contributed by atoms with Gasteiger partial charge in [0.05, 0.1) is 32.1 Å². The Morgan fingerprint density at radius 3 is 2.83 bits per heavy atom. The summed E-state index contributed by atoms with van der Waals surface area (Å²) in [5.74, 6) is 0.179. The lowest BCUT2D eigenvalue weighted by Crippen LogP contribution is -2.33. The maximum absolute atomic E-state index is 13.5. The number of ether oxygens (including phenoxy) is 1. The highest BCUT2D eigenvalue weighted by Crippen LogP contribution is 2.41. The number of hydrogen-bond acceptors (Lipinski definition) is 8. The Morgan fingerprint density at radius 1 is 1.24 bits per heavy atom. The molecule has 5 rings (SSSR count). The molecule has 2 aliphatic heterocycles. The second-order valence-corrected chi connectivity index (χ2v) is 9.48.